The Kier molecular flexibility index (Phi) is 2.17. The zero-order valence-electron chi connectivity index (χ0n) is 8.66. The zero-order valence-corrected chi connectivity index (χ0v) is 8.66. The van der Waals surface area contributed by atoms with Crippen LogP contribution in [0.1, 0.15) is 32.6 Å². The Morgan fingerprint density at radius 3 is 2.47 bits per heavy atom. The molecule has 2 aliphatic carbocycles. The number of Topliss-reactive ketones (excluding diaryl/α,β-unsaturated/α-hetero) is 2. The second-order valence-corrected chi connectivity index (χ2v) is 4.71. The second kappa shape index (κ2) is 3.15. The van der Waals surface area contributed by atoms with Gasteiger partial charge in [-0.15, -0.1) is 0 Å². The van der Waals surface area contributed by atoms with E-state index in [0.29, 0.717) is 19.3 Å². The molecule has 0 saturated heterocycles. The Hall–Kier alpha value is -1.19. The van der Waals surface area contributed by atoms with Crippen molar-refractivity contribution in [2.45, 2.75) is 32.6 Å². The average Bonchev–Trinajstić information content (AvgIpc) is 2.85. The van der Waals surface area contributed by atoms with Crippen molar-refractivity contribution in [3.05, 3.63) is 0 Å². The Labute approximate surface area is 87.7 Å². The van der Waals surface area contributed by atoms with E-state index in [1.807, 2.05) is 0 Å². The van der Waals surface area contributed by atoms with Crippen LogP contribution in [0.4, 0.5) is 0 Å². The first-order chi connectivity index (χ1) is 6.97. The van der Waals surface area contributed by atoms with E-state index in [2.05, 4.69) is 0 Å². The molecule has 2 rings (SSSR count). The van der Waals surface area contributed by atoms with Gasteiger partial charge in [-0.05, 0) is 25.7 Å². The molecular weight excluding hydrogens is 196 g/mol. The van der Waals surface area contributed by atoms with Crippen molar-refractivity contribution in [2.75, 3.05) is 0 Å². The van der Waals surface area contributed by atoms with E-state index in [0.717, 1.165) is 0 Å². The Morgan fingerprint density at radius 1 is 1.47 bits per heavy atom. The van der Waals surface area contributed by atoms with Crippen LogP contribution in [0.2, 0.25) is 0 Å². The lowest BCUT2D eigenvalue weighted by molar-refractivity contribution is -0.140. The fraction of sp³-hybridized carbons (Fsp3) is 0.727. The zero-order chi connectivity index (χ0) is 11.2. The number of ketones is 2. The summed E-state index contributed by atoms with van der Waals surface area (Å²) in [6.07, 6.45) is 1.80. The summed E-state index contributed by atoms with van der Waals surface area (Å²) in [5.41, 5.74) is -0.639. The standard InChI is InChI=1S/C11H14O4/c1-6(12)11(3-2-7(13)5-11)9-4-8(9)10(14)15/h8-9H,2-5H2,1H3,(H,14,15). The van der Waals surface area contributed by atoms with Crippen molar-refractivity contribution in [2.24, 2.45) is 17.3 Å². The van der Waals surface area contributed by atoms with E-state index in [9.17, 15) is 14.4 Å². The van der Waals surface area contributed by atoms with Crippen LogP contribution in [0.25, 0.3) is 0 Å². The monoisotopic (exact) mass is 210 g/mol. The smallest absolute Gasteiger partial charge is 0.306 e. The molecule has 1 N–H and O–H groups in total. The number of carbonyl (C=O) groups is 3. The molecule has 0 aromatic heterocycles. The SMILES string of the molecule is CC(=O)C1(C2CC2C(=O)O)CCC(=O)C1. The fourth-order valence-electron chi connectivity index (χ4n) is 2.85. The van der Waals surface area contributed by atoms with Gasteiger partial charge in [-0.25, -0.2) is 0 Å². The fourth-order valence-corrected chi connectivity index (χ4v) is 2.85. The predicted octanol–water partition coefficient (Wildman–Crippen LogP) is 1.04. The summed E-state index contributed by atoms with van der Waals surface area (Å²) in [5.74, 6) is -1.25. The molecule has 4 heteroatoms. The number of hydrogen-bond donors (Lipinski definition) is 1. The van der Waals surface area contributed by atoms with Gasteiger partial charge in [-0.1, -0.05) is 0 Å². The first-order valence-corrected chi connectivity index (χ1v) is 5.23. The van der Waals surface area contributed by atoms with Crippen molar-refractivity contribution >= 4 is 17.5 Å². The number of rotatable bonds is 3. The minimum absolute atomic E-state index is 0.0119. The summed E-state index contributed by atoms with van der Waals surface area (Å²) in [6, 6.07) is 0. The maximum Gasteiger partial charge on any atom is 0.306 e. The minimum Gasteiger partial charge on any atom is -0.481 e. The molecule has 2 aliphatic rings. The summed E-state index contributed by atoms with van der Waals surface area (Å²) in [4.78, 5) is 33.7. The van der Waals surface area contributed by atoms with Crippen LogP contribution >= 0.6 is 0 Å². The molecule has 3 atom stereocenters. The van der Waals surface area contributed by atoms with Gasteiger partial charge in [-0.3, -0.25) is 14.4 Å². The van der Waals surface area contributed by atoms with Gasteiger partial charge in [0.25, 0.3) is 0 Å². The molecule has 2 fully saturated rings. The van der Waals surface area contributed by atoms with Gasteiger partial charge < -0.3 is 5.11 Å². The van der Waals surface area contributed by atoms with Gasteiger partial charge in [-0.2, -0.15) is 0 Å². The highest BCUT2D eigenvalue weighted by Gasteiger charge is 2.60. The van der Waals surface area contributed by atoms with Crippen molar-refractivity contribution in [1.82, 2.24) is 0 Å². The Morgan fingerprint density at radius 2 is 2.13 bits per heavy atom. The molecule has 4 nitrogen and oxygen atoms in total. The summed E-state index contributed by atoms with van der Waals surface area (Å²) in [6.45, 7) is 1.48. The van der Waals surface area contributed by atoms with E-state index in [1.54, 1.807) is 0 Å². The van der Waals surface area contributed by atoms with Gasteiger partial charge >= 0.3 is 5.97 Å². The predicted molar refractivity (Wildman–Crippen MR) is 51.2 cm³/mol. The van der Waals surface area contributed by atoms with Crippen LogP contribution in [0.3, 0.4) is 0 Å². The molecule has 0 amide bonds. The third-order valence-electron chi connectivity index (χ3n) is 3.88. The van der Waals surface area contributed by atoms with E-state index >= 15 is 0 Å². The van der Waals surface area contributed by atoms with E-state index in [1.165, 1.54) is 6.92 Å². The molecule has 0 radical (unpaired) electrons. The highest BCUT2D eigenvalue weighted by atomic mass is 16.4. The van der Waals surface area contributed by atoms with Crippen molar-refractivity contribution < 1.29 is 19.5 Å². The van der Waals surface area contributed by atoms with Crippen LogP contribution in [-0.4, -0.2) is 22.6 Å². The van der Waals surface area contributed by atoms with Gasteiger partial charge in [0, 0.05) is 18.3 Å². The lowest BCUT2D eigenvalue weighted by atomic mass is 9.76. The Bertz CT molecular complexity index is 346. The van der Waals surface area contributed by atoms with Crippen LogP contribution < -0.4 is 0 Å². The molecule has 82 valence electrons. The molecule has 0 aromatic carbocycles. The molecule has 0 bridgehead atoms. The first-order valence-electron chi connectivity index (χ1n) is 5.23. The van der Waals surface area contributed by atoms with Crippen LogP contribution in [-0.2, 0) is 14.4 Å². The first kappa shape index (κ1) is 10.3. The van der Waals surface area contributed by atoms with Gasteiger partial charge in [0.05, 0.1) is 5.92 Å². The third-order valence-corrected chi connectivity index (χ3v) is 3.88. The largest absolute Gasteiger partial charge is 0.481 e. The number of carbonyl (C=O) groups excluding carboxylic acids is 2. The minimum atomic E-state index is -0.833. The van der Waals surface area contributed by atoms with E-state index in [4.69, 9.17) is 5.11 Å². The summed E-state index contributed by atoms with van der Waals surface area (Å²) in [5, 5.41) is 8.85. The summed E-state index contributed by atoms with van der Waals surface area (Å²) >= 11 is 0. The normalized spacial score (nSPS) is 39.1. The highest BCUT2D eigenvalue weighted by Crippen LogP contribution is 2.58. The molecule has 0 spiro atoms. The molecule has 2 saturated carbocycles. The van der Waals surface area contributed by atoms with Gasteiger partial charge in [0.2, 0.25) is 0 Å². The summed E-state index contributed by atoms with van der Waals surface area (Å²) in [7, 11) is 0. The number of aliphatic carboxylic acids is 1. The topological polar surface area (TPSA) is 71.4 Å². The second-order valence-electron chi connectivity index (χ2n) is 4.71. The van der Waals surface area contributed by atoms with Crippen molar-refractivity contribution in [3.8, 4) is 0 Å². The van der Waals surface area contributed by atoms with Gasteiger partial charge in [0.15, 0.2) is 0 Å². The maximum absolute atomic E-state index is 11.6. The Balaban J connectivity index is 2.19. The lowest BCUT2D eigenvalue weighted by Gasteiger charge is -2.24. The lowest BCUT2D eigenvalue weighted by Crippen LogP contribution is -2.30. The number of carboxylic acids is 1. The summed E-state index contributed by atoms with van der Waals surface area (Å²) < 4.78 is 0. The molecule has 3 unspecified atom stereocenters. The highest BCUT2D eigenvalue weighted by molar-refractivity contribution is 5.94. The van der Waals surface area contributed by atoms with E-state index in [-0.39, 0.29) is 23.9 Å². The van der Waals surface area contributed by atoms with Crippen LogP contribution in [0.5, 0.6) is 0 Å². The van der Waals surface area contributed by atoms with Crippen molar-refractivity contribution in [3.63, 3.8) is 0 Å². The van der Waals surface area contributed by atoms with Crippen molar-refractivity contribution in [1.29, 1.82) is 0 Å². The number of carboxylic acid groups (broad SMARTS) is 1. The quantitative estimate of drug-likeness (QED) is 0.755. The van der Waals surface area contributed by atoms with Crippen LogP contribution in [0, 0.1) is 17.3 Å². The average molecular weight is 210 g/mol. The molecule has 15 heavy (non-hydrogen) atoms. The molecule has 0 aliphatic heterocycles. The maximum atomic E-state index is 11.6. The third kappa shape index (κ3) is 1.48. The molecular formula is C11H14O4. The molecule has 0 aromatic rings. The van der Waals surface area contributed by atoms with Gasteiger partial charge in [0.1, 0.15) is 11.6 Å². The van der Waals surface area contributed by atoms with Crippen LogP contribution in [0.15, 0.2) is 0 Å². The number of hydrogen-bond acceptors (Lipinski definition) is 3. The van der Waals surface area contributed by atoms with E-state index < -0.39 is 17.3 Å². The molecule has 0 heterocycles.